The van der Waals surface area contributed by atoms with Crippen molar-refractivity contribution in [3.05, 3.63) is 77.0 Å². The van der Waals surface area contributed by atoms with Crippen LogP contribution in [0.25, 0.3) is 0 Å². The third-order valence-electron chi connectivity index (χ3n) is 5.01. The zero-order valence-corrected chi connectivity index (χ0v) is 16.8. The summed E-state index contributed by atoms with van der Waals surface area (Å²) in [4.78, 5) is 27.9. The normalized spacial score (nSPS) is 16.1. The van der Waals surface area contributed by atoms with E-state index in [1.165, 1.54) is 4.88 Å². The Bertz CT molecular complexity index is 956. The Hall–Kier alpha value is -3.12. The van der Waals surface area contributed by atoms with Crippen LogP contribution < -0.4 is 10.6 Å². The van der Waals surface area contributed by atoms with Crippen LogP contribution in [0.3, 0.4) is 0 Å². The first kappa shape index (κ1) is 19.2. The van der Waals surface area contributed by atoms with Crippen molar-refractivity contribution in [3.8, 4) is 0 Å². The molecule has 1 aromatic heterocycles. The van der Waals surface area contributed by atoms with Crippen LogP contribution in [0.2, 0.25) is 0 Å². The summed E-state index contributed by atoms with van der Waals surface area (Å²) in [5, 5.41) is 8.30. The summed E-state index contributed by atoms with van der Waals surface area (Å²) in [6.45, 7) is 1.16. The van der Waals surface area contributed by atoms with Gasteiger partial charge in [0.2, 0.25) is 11.8 Å². The molecule has 0 radical (unpaired) electrons. The number of rotatable bonds is 7. The number of benzene rings is 2. The fraction of sp³-hybridized carbons (Fsp3) is 0.217. The molecule has 2 N–H and O–H groups in total. The highest BCUT2D eigenvalue weighted by molar-refractivity contribution is 7.09. The first-order valence-electron chi connectivity index (χ1n) is 9.70. The number of amides is 2. The van der Waals surface area contributed by atoms with Gasteiger partial charge in [-0.2, -0.15) is 0 Å². The van der Waals surface area contributed by atoms with E-state index in [2.05, 4.69) is 16.7 Å². The third kappa shape index (κ3) is 5.03. The van der Waals surface area contributed by atoms with E-state index in [1.807, 2.05) is 66.0 Å². The van der Waals surface area contributed by atoms with Gasteiger partial charge in [-0.1, -0.05) is 24.3 Å². The van der Waals surface area contributed by atoms with Crippen molar-refractivity contribution >= 4 is 40.2 Å². The summed E-state index contributed by atoms with van der Waals surface area (Å²) < 4.78 is 0. The number of carbonyl (C=O) groups excluding carboxylic acids is 2. The summed E-state index contributed by atoms with van der Waals surface area (Å²) >= 11 is 1.70. The van der Waals surface area contributed by atoms with Gasteiger partial charge in [-0.15, -0.1) is 11.3 Å². The van der Waals surface area contributed by atoms with E-state index in [1.54, 1.807) is 16.2 Å². The Morgan fingerprint density at radius 2 is 1.69 bits per heavy atom. The Balaban J connectivity index is 1.29. The molecule has 2 aromatic carbocycles. The number of carbonyl (C=O) groups is 2. The van der Waals surface area contributed by atoms with E-state index in [0.29, 0.717) is 13.1 Å². The van der Waals surface area contributed by atoms with Gasteiger partial charge in [0.25, 0.3) is 0 Å². The van der Waals surface area contributed by atoms with Gasteiger partial charge in [0.05, 0.1) is 5.92 Å². The van der Waals surface area contributed by atoms with Crippen molar-refractivity contribution in [1.82, 2.24) is 4.90 Å². The number of para-hydroxylation sites is 1. The van der Waals surface area contributed by atoms with E-state index in [4.69, 9.17) is 0 Å². The van der Waals surface area contributed by atoms with Crippen LogP contribution >= 0.6 is 11.3 Å². The first-order valence-corrected chi connectivity index (χ1v) is 10.6. The number of nitrogens with one attached hydrogen (secondary N) is 2. The van der Waals surface area contributed by atoms with Gasteiger partial charge in [0, 0.05) is 41.4 Å². The minimum absolute atomic E-state index is 0.0594. The molecule has 4 rings (SSSR count). The molecule has 1 saturated heterocycles. The van der Waals surface area contributed by atoms with Crippen LogP contribution in [0.5, 0.6) is 0 Å². The monoisotopic (exact) mass is 405 g/mol. The molecule has 5 nitrogen and oxygen atoms in total. The minimum atomic E-state index is -0.298. The highest BCUT2D eigenvalue weighted by atomic mass is 32.1. The van der Waals surface area contributed by atoms with Crippen LogP contribution in [0.1, 0.15) is 11.3 Å². The zero-order valence-electron chi connectivity index (χ0n) is 16.0. The fourth-order valence-electron chi connectivity index (χ4n) is 3.43. The molecule has 0 saturated carbocycles. The van der Waals surface area contributed by atoms with Crippen molar-refractivity contribution in [2.75, 3.05) is 23.7 Å². The molecule has 2 amide bonds. The van der Waals surface area contributed by atoms with E-state index >= 15 is 0 Å². The van der Waals surface area contributed by atoms with Crippen molar-refractivity contribution in [3.63, 3.8) is 0 Å². The van der Waals surface area contributed by atoms with Crippen LogP contribution in [0.15, 0.2) is 72.1 Å². The zero-order chi connectivity index (χ0) is 20.1. The van der Waals surface area contributed by atoms with Crippen LogP contribution in [-0.2, 0) is 16.0 Å². The number of hydrogen-bond donors (Lipinski definition) is 2. The van der Waals surface area contributed by atoms with Gasteiger partial charge >= 0.3 is 0 Å². The smallest absolute Gasteiger partial charge is 0.229 e. The van der Waals surface area contributed by atoms with Crippen molar-refractivity contribution < 1.29 is 9.59 Å². The highest BCUT2D eigenvalue weighted by Crippen LogP contribution is 2.23. The number of nitrogens with zero attached hydrogens (tertiary/aromatic N) is 1. The van der Waals surface area contributed by atoms with Gasteiger partial charge in [0.1, 0.15) is 0 Å². The number of anilines is 3. The third-order valence-corrected chi connectivity index (χ3v) is 5.94. The van der Waals surface area contributed by atoms with Gasteiger partial charge < -0.3 is 15.5 Å². The quantitative estimate of drug-likeness (QED) is 0.607. The summed E-state index contributed by atoms with van der Waals surface area (Å²) in [7, 11) is 0. The van der Waals surface area contributed by atoms with Crippen molar-refractivity contribution in [2.24, 2.45) is 5.92 Å². The second-order valence-corrected chi connectivity index (χ2v) is 8.16. The lowest BCUT2D eigenvalue weighted by molar-refractivity contribution is -0.128. The highest BCUT2D eigenvalue weighted by Gasteiger charge is 2.34. The average molecular weight is 406 g/mol. The summed E-state index contributed by atoms with van der Waals surface area (Å²) in [6, 6.07) is 21.6. The molecule has 1 aliphatic heterocycles. The van der Waals surface area contributed by atoms with Crippen LogP contribution in [-0.4, -0.2) is 29.8 Å². The van der Waals surface area contributed by atoms with Gasteiger partial charge in [-0.3, -0.25) is 9.59 Å². The summed E-state index contributed by atoms with van der Waals surface area (Å²) in [5.74, 6) is -0.335. The SMILES string of the molecule is O=C(Nc1ccc(Nc2ccccc2)cc1)C1CC(=O)N(CCc2cccs2)C1. The van der Waals surface area contributed by atoms with Gasteiger partial charge in [0.15, 0.2) is 0 Å². The summed E-state index contributed by atoms with van der Waals surface area (Å²) in [5.41, 5.74) is 2.69. The maximum atomic E-state index is 12.6. The van der Waals surface area contributed by atoms with E-state index in [9.17, 15) is 9.59 Å². The molecular weight excluding hydrogens is 382 g/mol. The minimum Gasteiger partial charge on any atom is -0.356 e. The fourth-order valence-corrected chi connectivity index (χ4v) is 4.13. The lowest BCUT2D eigenvalue weighted by Crippen LogP contribution is -2.29. The standard InChI is InChI=1S/C23H23N3O2S/c27-22-15-17(16-26(22)13-12-21-7-4-14-29-21)23(28)25-20-10-8-19(9-11-20)24-18-5-2-1-3-6-18/h1-11,14,17,24H,12-13,15-16H2,(H,25,28). The Morgan fingerprint density at radius 1 is 0.966 bits per heavy atom. The number of thiophene rings is 1. The van der Waals surface area contributed by atoms with Crippen LogP contribution in [0, 0.1) is 5.92 Å². The van der Waals surface area contributed by atoms with Crippen molar-refractivity contribution in [1.29, 1.82) is 0 Å². The molecule has 0 spiro atoms. The molecular formula is C23H23N3O2S. The Labute approximate surface area is 174 Å². The number of likely N-dealkylation sites (tertiary alicyclic amines) is 1. The van der Waals surface area contributed by atoms with Gasteiger partial charge in [-0.05, 0) is 54.3 Å². The molecule has 148 valence electrons. The van der Waals surface area contributed by atoms with E-state index in [0.717, 1.165) is 23.5 Å². The predicted octanol–water partition coefficient (Wildman–Crippen LogP) is 4.52. The first-order chi connectivity index (χ1) is 14.2. The Morgan fingerprint density at radius 3 is 2.41 bits per heavy atom. The maximum Gasteiger partial charge on any atom is 0.229 e. The van der Waals surface area contributed by atoms with E-state index in [-0.39, 0.29) is 24.2 Å². The molecule has 1 aliphatic rings. The molecule has 1 atom stereocenters. The number of hydrogen-bond acceptors (Lipinski definition) is 4. The second-order valence-electron chi connectivity index (χ2n) is 7.13. The molecule has 3 aromatic rings. The molecule has 0 aliphatic carbocycles. The molecule has 1 unspecified atom stereocenters. The topological polar surface area (TPSA) is 61.4 Å². The molecule has 29 heavy (non-hydrogen) atoms. The average Bonchev–Trinajstić information content (AvgIpc) is 3.38. The Kier molecular flexibility index (Phi) is 5.91. The second kappa shape index (κ2) is 8.92. The van der Waals surface area contributed by atoms with Gasteiger partial charge in [-0.25, -0.2) is 0 Å². The largest absolute Gasteiger partial charge is 0.356 e. The maximum absolute atomic E-state index is 12.6. The van der Waals surface area contributed by atoms with Crippen LogP contribution in [0.4, 0.5) is 17.1 Å². The van der Waals surface area contributed by atoms with E-state index < -0.39 is 0 Å². The predicted molar refractivity (Wildman–Crippen MR) is 118 cm³/mol. The molecule has 0 bridgehead atoms. The molecule has 1 fully saturated rings. The molecule has 6 heteroatoms. The molecule has 2 heterocycles. The lowest BCUT2D eigenvalue weighted by Gasteiger charge is -2.16. The summed E-state index contributed by atoms with van der Waals surface area (Å²) in [6.07, 6.45) is 1.12. The lowest BCUT2D eigenvalue weighted by atomic mass is 10.1. The van der Waals surface area contributed by atoms with Crippen molar-refractivity contribution in [2.45, 2.75) is 12.8 Å².